The zero-order valence-corrected chi connectivity index (χ0v) is 70.4. The van der Waals surface area contributed by atoms with Crippen molar-refractivity contribution >= 4 is 40.6 Å². The number of hydrogen-bond acceptors (Lipinski definition) is 16. The fourth-order valence-electron chi connectivity index (χ4n) is 14.9. The number of nitrogens with one attached hydrogen (secondary N) is 2. The van der Waals surface area contributed by atoms with Crippen LogP contribution in [0.3, 0.4) is 0 Å². The number of hydrogen-bond donors (Lipinski definition) is 5. The Morgan fingerprint density at radius 2 is 0.974 bits per heavy atom. The molecule has 117 heavy (non-hydrogen) atoms. The molecular formula is C95H126BN8O12Si. The molecule has 625 valence electrons. The van der Waals surface area contributed by atoms with Crippen LogP contribution < -0.4 is 24.8 Å². The highest BCUT2D eigenvalue weighted by Gasteiger charge is 2.48. The molecule has 3 radical (unpaired) electrons. The molecule has 22 heteroatoms. The van der Waals surface area contributed by atoms with Crippen LogP contribution in [0.4, 0.5) is 4.79 Å². The number of carboxylic acid groups (broad SMARTS) is 1. The van der Waals surface area contributed by atoms with Gasteiger partial charge in [-0.15, -0.1) is 0 Å². The molecule has 2 aliphatic heterocycles. The Balaban J connectivity index is 0.000000252. The van der Waals surface area contributed by atoms with Crippen LogP contribution in [-0.2, 0) is 48.1 Å². The number of ether oxygens (including phenoxy) is 4. The average molecular weight is 1610 g/mol. The summed E-state index contributed by atoms with van der Waals surface area (Å²) < 4.78 is 28.6. The molecule has 3 aliphatic rings. The van der Waals surface area contributed by atoms with Gasteiger partial charge in [0.1, 0.15) is 5.60 Å². The standard InChI is InChI=1S/C30H43NO5Si.C28H32N2O3.C27H31N3O3.C8H12N2O.2CH4.B/c1-29(2,3)35-28(34)31-24(20-21-14-16-23(17-15-21)27(32)33)18-19-25(31)26(22-12-10-9-11-13-22)36-37(7,8)30(4,5)6;1-30(19-25-9-6-16-29-27(25)33-2)28(32)23-13-10-20(11-14-23)17-21-12-15-24(18-21)26(31)22-7-4-3-5-8-22;1-30(18-22-9-6-16-28-26(22)33-2)27(32)21-12-10-19(11-13-21)17-23-14-15-24(29-23)25(31)20-7-4-3-5-8-20;1-9-6-7-4-3-5-10-8(7)11-2;;;/h9-17,24-26H,18-20H2,1-8H3,(H,32,33);3-11,13-14,16,21,24,26,31H,12,15,17-19H2,1-2H3;3-13,16,23-25,29,31H,14-15,17-18H2,1-2H3;3-5,9H,6H2,1-2H3;2*1H4;/t24-,25+,26+;21-,24-,26+;23-,24+,25+;;;;/m000..../s1. The lowest BCUT2D eigenvalue weighted by atomic mass is 9.91. The highest BCUT2D eigenvalue weighted by molar-refractivity contribution is 6.74. The largest absolute Gasteiger partial charge is 0.481 e. The van der Waals surface area contributed by atoms with Gasteiger partial charge >= 0.3 is 12.1 Å². The van der Waals surface area contributed by atoms with Gasteiger partial charge in [-0.3, -0.25) is 14.5 Å². The molecule has 6 aromatic carbocycles. The van der Waals surface area contributed by atoms with E-state index >= 15 is 0 Å². The zero-order valence-electron chi connectivity index (χ0n) is 69.4. The minimum Gasteiger partial charge on any atom is -0.481 e. The first-order valence-electron chi connectivity index (χ1n) is 39.6. The first-order chi connectivity index (χ1) is 54.6. The highest BCUT2D eigenvalue weighted by atomic mass is 28.4. The third-order valence-electron chi connectivity index (χ3n) is 21.9. The zero-order chi connectivity index (χ0) is 82.1. The van der Waals surface area contributed by atoms with E-state index in [4.69, 9.17) is 23.4 Å². The number of likely N-dealkylation sites (tertiary alicyclic amines) is 1. The predicted octanol–water partition coefficient (Wildman–Crippen LogP) is 18.0. The number of carboxylic acids is 1. The number of benzene rings is 6. The van der Waals surface area contributed by atoms with Crippen molar-refractivity contribution in [3.05, 3.63) is 286 Å². The summed E-state index contributed by atoms with van der Waals surface area (Å²) in [4.78, 5) is 68.5. The van der Waals surface area contributed by atoms with Gasteiger partial charge in [-0.25, -0.2) is 24.5 Å². The van der Waals surface area contributed by atoms with Gasteiger partial charge < -0.3 is 59.1 Å². The molecule has 20 nitrogen and oxygen atoms in total. The van der Waals surface area contributed by atoms with Crippen LogP contribution in [0.15, 0.2) is 219 Å². The van der Waals surface area contributed by atoms with E-state index in [1.807, 2.05) is 197 Å². The number of carbonyl (C=O) groups excluding carboxylic acids is 3. The molecule has 12 rings (SSSR count). The van der Waals surface area contributed by atoms with Crippen molar-refractivity contribution in [2.24, 2.45) is 11.8 Å². The van der Waals surface area contributed by atoms with Crippen molar-refractivity contribution < 1.29 is 57.9 Å². The van der Waals surface area contributed by atoms with Crippen molar-refractivity contribution in [2.75, 3.05) is 42.5 Å². The summed E-state index contributed by atoms with van der Waals surface area (Å²) in [5.74, 6) is 1.63. The van der Waals surface area contributed by atoms with Crippen LogP contribution in [0.2, 0.25) is 18.1 Å². The van der Waals surface area contributed by atoms with Crippen LogP contribution >= 0.6 is 0 Å². The van der Waals surface area contributed by atoms with E-state index in [0.29, 0.717) is 66.2 Å². The summed E-state index contributed by atoms with van der Waals surface area (Å²) >= 11 is 0. The van der Waals surface area contributed by atoms with Gasteiger partial charge in [0.2, 0.25) is 17.6 Å². The molecule has 3 amide bonds. The number of aliphatic hydroxyl groups is 2. The lowest BCUT2D eigenvalue weighted by Crippen LogP contribution is -2.50. The molecule has 1 aliphatic carbocycles. The van der Waals surface area contributed by atoms with Gasteiger partial charge in [0.05, 0.1) is 64.3 Å². The quantitative estimate of drug-likeness (QED) is 0.0316. The Hall–Kier alpha value is -10.1. The van der Waals surface area contributed by atoms with Crippen LogP contribution in [0.5, 0.6) is 17.6 Å². The Morgan fingerprint density at radius 1 is 0.538 bits per heavy atom. The molecule has 2 saturated heterocycles. The van der Waals surface area contributed by atoms with Gasteiger partial charge in [-0.1, -0.05) is 181 Å². The second-order valence-electron chi connectivity index (χ2n) is 32.5. The summed E-state index contributed by atoms with van der Waals surface area (Å²) in [6.07, 6.45) is 12.9. The summed E-state index contributed by atoms with van der Waals surface area (Å²) in [5, 5.41) is 37.3. The Bertz CT molecular complexity index is 4310. The molecule has 9 atom stereocenters. The third kappa shape index (κ3) is 27.5. The number of aliphatic hydroxyl groups excluding tert-OH is 2. The number of methoxy groups -OCH3 is 3. The normalized spacial score (nSPS) is 17.6. The number of amides is 3. The van der Waals surface area contributed by atoms with E-state index in [0.717, 1.165) is 103 Å². The highest BCUT2D eigenvalue weighted by Crippen LogP contribution is 2.45. The number of nitrogens with zero attached hydrogens (tertiary/aromatic N) is 6. The second kappa shape index (κ2) is 45.6. The van der Waals surface area contributed by atoms with E-state index in [1.165, 1.54) is 11.1 Å². The van der Waals surface area contributed by atoms with Crippen molar-refractivity contribution in [1.82, 2.24) is 40.3 Å². The van der Waals surface area contributed by atoms with Crippen LogP contribution in [0.1, 0.15) is 201 Å². The minimum atomic E-state index is -2.18. The lowest BCUT2D eigenvalue weighted by Gasteiger charge is -2.43. The van der Waals surface area contributed by atoms with E-state index in [9.17, 15) is 34.5 Å². The SMILES string of the molecule is C.C.CC(C)(C)OC(=O)N1[C@H](Cc2ccc(C(=O)O)cc2)CC[C@@H]1[C@H](O[Si](C)(C)C(C)(C)C)c1ccccc1.CNCc1cccnc1OC.COc1ncccc1CN(C)C(=O)c1ccc(C[C@@H]2CC[C@H]([C@H](O)c3ccccc3)C2)cc1.COc1ncccc1CN(C)C(=O)c1ccc(C[C@@H]2CC[C@H]([C@H](O)c3ccccc3)N2)cc1.[B]. The molecule has 3 aromatic heterocycles. The summed E-state index contributed by atoms with van der Waals surface area (Å²) in [6.45, 7) is 18.5. The molecule has 3 fully saturated rings. The Morgan fingerprint density at radius 3 is 1.43 bits per heavy atom. The third-order valence-corrected chi connectivity index (χ3v) is 26.4. The van der Waals surface area contributed by atoms with E-state index in [1.54, 1.807) is 75.9 Å². The van der Waals surface area contributed by atoms with E-state index in [2.05, 4.69) is 83.7 Å². The van der Waals surface area contributed by atoms with Crippen LogP contribution in [0.25, 0.3) is 0 Å². The molecule has 1 saturated carbocycles. The molecule has 5 heterocycles. The van der Waals surface area contributed by atoms with Crippen molar-refractivity contribution in [3.63, 3.8) is 0 Å². The number of rotatable bonds is 26. The maximum atomic E-state index is 13.7. The molecule has 0 bridgehead atoms. The predicted molar refractivity (Wildman–Crippen MR) is 469 cm³/mol. The monoisotopic (exact) mass is 1610 g/mol. The fraction of sp³-hybridized carbons (Fsp3) is 0.421. The number of pyridine rings is 3. The van der Waals surface area contributed by atoms with Gasteiger partial charge in [-0.05, 0) is 210 Å². The van der Waals surface area contributed by atoms with Crippen molar-refractivity contribution in [3.8, 4) is 17.6 Å². The average Bonchev–Trinajstić information content (AvgIpc) is 1.75. The summed E-state index contributed by atoms with van der Waals surface area (Å²) in [7, 11) is 8.08. The molecule has 9 aromatic rings. The Labute approximate surface area is 698 Å². The molecule has 0 spiro atoms. The second-order valence-corrected chi connectivity index (χ2v) is 37.2. The number of carbonyl (C=O) groups is 4. The van der Waals surface area contributed by atoms with E-state index in [-0.39, 0.29) is 82.1 Å². The van der Waals surface area contributed by atoms with Crippen molar-refractivity contribution in [2.45, 2.75) is 206 Å². The number of aromatic carboxylic acids is 1. The van der Waals surface area contributed by atoms with Crippen LogP contribution in [0, 0.1) is 11.8 Å². The van der Waals surface area contributed by atoms with Gasteiger partial charge in [-0.2, -0.15) is 0 Å². The summed E-state index contributed by atoms with van der Waals surface area (Å²) in [6, 6.07) is 64.2. The fourth-order valence-corrected chi connectivity index (χ4v) is 16.2. The summed E-state index contributed by atoms with van der Waals surface area (Å²) in [5.41, 5.74) is 10.2. The Kier molecular flexibility index (Phi) is 37.3. The van der Waals surface area contributed by atoms with Gasteiger partial charge in [0.15, 0.2) is 8.32 Å². The van der Waals surface area contributed by atoms with Gasteiger partial charge in [0, 0.05) is 93.6 Å². The minimum absolute atomic E-state index is 0. The van der Waals surface area contributed by atoms with Crippen LogP contribution in [-0.4, -0.2) is 158 Å². The first-order valence-corrected chi connectivity index (χ1v) is 42.5. The lowest BCUT2D eigenvalue weighted by molar-refractivity contribution is -0.00242. The van der Waals surface area contributed by atoms with Gasteiger partial charge in [0.25, 0.3) is 11.8 Å². The maximum Gasteiger partial charge on any atom is 0.410 e. The first kappa shape index (κ1) is 95.8. The molecule has 0 unspecified atom stereocenters. The smallest absolute Gasteiger partial charge is 0.410 e. The van der Waals surface area contributed by atoms with Crippen molar-refractivity contribution in [1.29, 1.82) is 0 Å². The molecule has 5 N–H and O–H groups in total. The maximum absolute atomic E-state index is 13.7. The number of aromatic nitrogens is 3. The topological polar surface area (TPSA) is 248 Å². The molecular weight excluding hydrogens is 1480 g/mol. The van der Waals surface area contributed by atoms with E-state index < -0.39 is 26.0 Å².